The molecule has 9 nitrogen and oxygen atoms in total. The van der Waals surface area contributed by atoms with Gasteiger partial charge >= 0.3 is 0 Å². The Morgan fingerprint density at radius 3 is 2.41 bits per heavy atom. The van der Waals surface area contributed by atoms with Gasteiger partial charge in [0.05, 0.1) is 24.9 Å². The van der Waals surface area contributed by atoms with Crippen molar-refractivity contribution in [2.45, 2.75) is 76.7 Å². The van der Waals surface area contributed by atoms with Gasteiger partial charge in [-0.3, -0.25) is 14.5 Å². The van der Waals surface area contributed by atoms with Gasteiger partial charge in [-0.15, -0.1) is 0 Å². The minimum atomic E-state index is -0.563. The second-order valence-corrected chi connectivity index (χ2v) is 10.5. The molecule has 2 saturated heterocycles. The van der Waals surface area contributed by atoms with Gasteiger partial charge in [-0.25, -0.2) is 0 Å². The normalized spacial score (nSPS) is 23.5. The third-order valence-corrected chi connectivity index (χ3v) is 7.25. The van der Waals surface area contributed by atoms with Crippen molar-refractivity contribution in [3.8, 4) is 0 Å². The van der Waals surface area contributed by atoms with E-state index in [0.717, 1.165) is 61.2 Å². The molecule has 4 N–H and O–H groups in total. The predicted octanol–water partition coefficient (Wildman–Crippen LogP) is 3.43. The fourth-order valence-corrected chi connectivity index (χ4v) is 5.10. The van der Waals surface area contributed by atoms with Crippen LogP contribution >= 0.6 is 0 Å². The maximum absolute atomic E-state index is 12.3. The molecule has 0 aliphatic carbocycles. The zero-order valence-corrected chi connectivity index (χ0v) is 22.7. The lowest BCUT2D eigenvalue weighted by Gasteiger charge is -2.37. The maximum atomic E-state index is 12.3. The van der Waals surface area contributed by atoms with E-state index in [9.17, 15) is 19.8 Å². The van der Waals surface area contributed by atoms with Crippen LogP contribution < -0.4 is 10.6 Å². The molecule has 4 rings (SSSR count). The number of unbranched alkanes of at least 4 members (excludes halogenated alkanes) is 2. The number of hydrogen-bond donors (Lipinski definition) is 4. The van der Waals surface area contributed by atoms with E-state index in [4.69, 9.17) is 9.47 Å². The fourth-order valence-electron chi connectivity index (χ4n) is 5.10. The van der Waals surface area contributed by atoms with E-state index in [1.165, 1.54) is 6.92 Å². The SMILES string of the molecule is CC(=O)NCCCCCC(=O)Nc1ccc([C@@H]2O[C@H](CN3CC[C@H](O)C3)C[C@H](c3ccc(CO)cc3)O2)cc1. The van der Waals surface area contributed by atoms with Gasteiger partial charge in [0.25, 0.3) is 0 Å². The first kappa shape index (κ1) is 29.2. The average molecular weight is 540 g/mol. The van der Waals surface area contributed by atoms with Crippen LogP contribution in [0, 0.1) is 0 Å². The maximum Gasteiger partial charge on any atom is 0.224 e. The molecule has 2 heterocycles. The monoisotopic (exact) mass is 539 g/mol. The Hall–Kier alpha value is -2.82. The largest absolute Gasteiger partial charge is 0.392 e. The molecule has 0 aromatic heterocycles. The number of ether oxygens (including phenoxy) is 2. The summed E-state index contributed by atoms with van der Waals surface area (Å²) >= 11 is 0. The smallest absolute Gasteiger partial charge is 0.224 e. The molecule has 0 bridgehead atoms. The van der Waals surface area contributed by atoms with E-state index < -0.39 is 6.29 Å². The van der Waals surface area contributed by atoms with Crippen molar-refractivity contribution in [3.05, 3.63) is 65.2 Å². The van der Waals surface area contributed by atoms with E-state index in [2.05, 4.69) is 15.5 Å². The fraction of sp³-hybridized carbons (Fsp3) is 0.533. The number of benzene rings is 2. The van der Waals surface area contributed by atoms with Crippen LogP contribution in [-0.2, 0) is 25.7 Å². The van der Waals surface area contributed by atoms with Crippen LogP contribution in [0.5, 0.6) is 0 Å². The molecule has 2 aliphatic rings. The number of anilines is 1. The molecule has 4 atom stereocenters. The number of aliphatic hydroxyl groups excluding tert-OH is 2. The summed E-state index contributed by atoms with van der Waals surface area (Å²) in [4.78, 5) is 25.5. The molecule has 2 aromatic rings. The third kappa shape index (κ3) is 9.12. The summed E-state index contributed by atoms with van der Waals surface area (Å²) in [5.41, 5.74) is 3.48. The number of hydrogen-bond acceptors (Lipinski definition) is 7. The Labute approximate surface area is 230 Å². The molecular weight excluding hydrogens is 498 g/mol. The molecule has 2 amide bonds. The molecule has 0 unspecified atom stereocenters. The van der Waals surface area contributed by atoms with Crippen molar-refractivity contribution in [3.63, 3.8) is 0 Å². The molecule has 2 aromatic carbocycles. The second-order valence-electron chi connectivity index (χ2n) is 10.5. The van der Waals surface area contributed by atoms with Gasteiger partial charge in [0.1, 0.15) is 0 Å². The van der Waals surface area contributed by atoms with Crippen LogP contribution in [0.3, 0.4) is 0 Å². The molecule has 0 saturated carbocycles. The van der Waals surface area contributed by atoms with Crippen molar-refractivity contribution in [1.82, 2.24) is 10.2 Å². The Morgan fingerprint density at radius 1 is 1.00 bits per heavy atom. The third-order valence-electron chi connectivity index (χ3n) is 7.25. The first-order valence-corrected chi connectivity index (χ1v) is 13.9. The van der Waals surface area contributed by atoms with Gasteiger partial charge in [0.2, 0.25) is 11.8 Å². The molecular formula is C30H41N3O6. The number of rotatable bonds is 12. The van der Waals surface area contributed by atoms with Gasteiger partial charge in [0, 0.05) is 57.2 Å². The topological polar surface area (TPSA) is 120 Å². The van der Waals surface area contributed by atoms with Gasteiger partial charge in [-0.05, 0) is 42.5 Å². The predicted molar refractivity (Wildman–Crippen MR) is 148 cm³/mol. The minimum Gasteiger partial charge on any atom is -0.392 e. The number of nitrogens with zero attached hydrogens (tertiary/aromatic N) is 1. The van der Waals surface area contributed by atoms with E-state index in [-0.39, 0.29) is 36.7 Å². The number of carbonyl (C=O) groups excluding carboxylic acids is 2. The summed E-state index contributed by atoms with van der Waals surface area (Å²) in [6.45, 7) is 4.37. The Bertz CT molecular complexity index is 1060. The molecule has 39 heavy (non-hydrogen) atoms. The van der Waals surface area contributed by atoms with E-state index in [1.807, 2.05) is 48.5 Å². The highest BCUT2D eigenvalue weighted by Crippen LogP contribution is 2.38. The van der Waals surface area contributed by atoms with Crippen LogP contribution in [0.15, 0.2) is 48.5 Å². The Kier molecular flexibility index (Phi) is 10.9. The van der Waals surface area contributed by atoms with Crippen molar-refractivity contribution in [2.24, 2.45) is 0 Å². The number of amides is 2. The molecule has 9 heteroatoms. The summed E-state index contributed by atoms with van der Waals surface area (Å²) in [5.74, 6) is -0.0684. The van der Waals surface area contributed by atoms with Crippen LogP contribution in [0.4, 0.5) is 5.69 Å². The van der Waals surface area contributed by atoms with Crippen LogP contribution in [0.1, 0.15) is 74.5 Å². The number of nitrogens with one attached hydrogen (secondary N) is 2. The number of aliphatic hydroxyl groups is 2. The highest BCUT2D eigenvalue weighted by molar-refractivity contribution is 5.90. The molecule has 212 valence electrons. The lowest BCUT2D eigenvalue weighted by atomic mass is 9.99. The standard InChI is InChI=1S/C30H41N3O6/c1-21(35)31-15-4-2-3-5-29(37)32-25-12-10-24(11-13-25)30-38-27(19-33-16-14-26(36)18-33)17-28(39-30)23-8-6-22(20-34)7-9-23/h6-13,26-28,30,34,36H,2-5,14-20H2,1H3,(H,31,35)(H,32,37)/t26-,27-,28+,30+/m0/s1. The van der Waals surface area contributed by atoms with Gasteiger partial charge in [-0.2, -0.15) is 0 Å². The Balaban J connectivity index is 1.34. The van der Waals surface area contributed by atoms with Crippen molar-refractivity contribution >= 4 is 17.5 Å². The van der Waals surface area contributed by atoms with Crippen LogP contribution in [0.2, 0.25) is 0 Å². The second kappa shape index (κ2) is 14.5. The lowest BCUT2D eigenvalue weighted by Crippen LogP contribution is -2.38. The van der Waals surface area contributed by atoms with Gasteiger partial charge < -0.3 is 30.3 Å². The number of likely N-dealkylation sites (tertiary alicyclic amines) is 1. The average Bonchev–Trinajstić information content (AvgIpc) is 3.35. The molecule has 2 fully saturated rings. The summed E-state index contributed by atoms with van der Waals surface area (Å²) in [6, 6.07) is 15.4. The Morgan fingerprint density at radius 2 is 1.74 bits per heavy atom. The lowest BCUT2D eigenvalue weighted by molar-refractivity contribution is -0.252. The highest BCUT2D eigenvalue weighted by Gasteiger charge is 2.34. The zero-order chi connectivity index (χ0) is 27.6. The minimum absolute atomic E-state index is 0.00105. The number of carbonyl (C=O) groups is 2. The van der Waals surface area contributed by atoms with Gasteiger partial charge in [0.15, 0.2) is 6.29 Å². The van der Waals surface area contributed by atoms with E-state index in [0.29, 0.717) is 25.9 Å². The summed E-state index contributed by atoms with van der Waals surface area (Å²) in [6.07, 6.45) is 3.33. The summed E-state index contributed by atoms with van der Waals surface area (Å²) in [5, 5.41) is 25.1. The van der Waals surface area contributed by atoms with Crippen molar-refractivity contribution < 1.29 is 29.3 Å². The quantitative estimate of drug-likeness (QED) is 0.305. The first-order chi connectivity index (χ1) is 18.9. The van der Waals surface area contributed by atoms with Crippen LogP contribution in [0.25, 0.3) is 0 Å². The van der Waals surface area contributed by atoms with Crippen molar-refractivity contribution in [1.29, 1.82) is 0 Å². The first-order valence-electron chi connectivity index (χ1n) is 13.9. The van der Waals surface area contributed by atoms with Crippen molar-refractivity contribution in [2.75, 3.05) is 31.5 Å². The van der Waals surface area contributed by atoms with Crippen LogP contribution in [-0.4, -0.2) is 65.3 Å². The van der Waals surface area contributed by atoms with E-state index >= 15 is 0 Å². The molecule has 2 aliphatic heterocycles. The molecule has 0 radical (unpaired) electrons. The zero-order valence-electron chi connectivity index (χ0n) is 22.7. The van der Waals surface area contributed by atoms with E-state index in [1.54, 1.807) is 0 Å². The number of β-amino-alcohol motifs (C(OH)–C–C–N with tert-alkyl or cyclic N) is 1. The van der Waals surface area contributed by atoms with Gasteiger partial charge in [-0.1, -0.05) is 42.8 Å². The summed E-state index contributed by atoms with van der Waals surface area (Å²) < 4.78 is 12.8. The summed E-state index contributed by atoms with van der Waals surface area (Å²) in [7, 11) is 0. The highest BCUT2D eigenvalue weighted by atomic mass is 16.7. The molecule has 0 spiro atoms.